The maximum absolute atomic E-state index is 5.53. The van der Waals surface area contributed by atoms with E-state index in [-0.39, 0.29) is 0 Å². The van der Waals surface area contributed by atoms with Crippen LogP contribution < -0.4 is 11.3 Å². The SMILES string of the molecule is CCC(C)C(Cc1nccn1C)NN. The lowest BCUT2D eigenvalue weighted by Gasteiger charge is -2.21. The summed E-state index contributed by atoms with van der Waals surface area (Å²) in [7, 11) is 2.01. The molecule has 1 aromatic heterocycles. The lowest BCUT2D eigenvalue weighted by molar-refractivity contribution is 0.362. The molecule has 1 rings (SSSR count). The zero-order valence-corrected chi connectivity index (χ0v) is 9.20. The normalized spacial score (nSPS) is 15.4. The van der Waals surface area contributed by atoms with E-state index in [0.717, 1.165) is 18.7 Å². The minimum Gasteiger partial charge on any atom is -0.338 e. The zero-order chi connectivity index (χ0) is 10.6. The van der Waals surface area contributed by atoms with Gasteiger partial charge in [0.05, 0.1) is 0 Å². The van der Waals surface area contributed by atoms with Gasteiger partial charge in [0.15, 0.2) is 0 Å². The van der Waals surface area contributed by atoms with Crippen LogP contribution in [0.25, 0.3) is 0 Å². The van der Waals surface area contributed by atoms with Crippen molar-refractivity contribution in [1.29, 1.82) is 0 Å². The fraction of sp³-hybridized carbons (Fsp3) is 0.700. The average Bonchev–Trinajstić information content (AvgIpc) is 2.59. The predicted octanol–water partition coefficient (Wildman–Crippen LogP) is 0.841. The second kappa shape index (κ2) is 5.12. The van der Waals surface area contributed by atoms with E-state index < -0.39 is 0 Å². The van der Waals surface area contributed by atoms with Crippen LogP contribution in [0.15, 0.2) is 12.4 Å². The van der Waals surface area contributed by atoms with Crippen molar-refractivity contribution in [2.45, 2.75) is 32.7 Å². The quantitative estimate of drug-likeness (QED) is 0.542. The van der Waals surface area contributed by atoms with Crippen LogP contribution in [-0.2, 0) is 13.5 Å². The number of nitrogens with one attached hydrogen (secondary N) is 1. The van der Waals surface area contributed by atoms with Crippen LogP contribution in [0.4, 0.5) is 0 Å². The molecule has 2 atom stereocenters. The molecule has 0 fully saturated rings. The molecule has 0 saturated carbocycles. The lowest BCUT2D eigenvalue weighted by atomic mass is 9.97. The first-order chi connectivity index (χ1) is 6.69. The summed E-state index contributed by atoms with van der Waals surface area (Å²) in [5.74, 6) is 7.17. The van der Waals surface area contributed by atoms with Gasteiger partial charge in [-0.1, -0.05) is 20.3 Å². The third kappa shape index (κ3) is 2.56. The van der Waals surface area contributed by atoms with E-state index >= 15 is 0 Å². The summed E-state index contributed by atoms with van der Waals surface area (Å²) in [6.45, 7) is 4.38. The van der Waals surface area contributed by atoms with E-state index in [9.17, 15) is 0 Å². The number of hydrogen-bond acceptors (Lipinski definition) is 3. The highest BCUT2D eigenvalue weighted by Gasteiger charge is 2.16. The Morgan fingerprint density at radius 1 is 1.64 bits per heavy atom. The molecule has 0 saturated heterocycles. The van der Waals surface area contributed by atoms with Gasteiger partial charge in [-0.2, -0.15) is 0 Å². The minimum atomic E-state index is 0.307. The van der Waals surface area contributed by atoms with E-state index in [1.165, 1.54) is 0 Å². The molecule has 0 aromatic carbocycles. The molecule has 4 heteroatoms. The van der Waals surface area contributed by atoms with E-state index in [2.05, 4.69) is 24.3 Å². The molecule has 80 valence electrons. The summed E-state index contributed by atoms with van der Waals surface area (Å²) in [6.07, 6.45) is 5.79. The standard InChI is InChI=1S/C10H20N4/c1-4-8(2)9(13-11)7-10-12-5-6-14(10)3/h5-6,8-9,13H,4,7,11H2,1-3H3. The highest BCUT2D eigenvalue weighted by atomic mass is 15.2. The van der Waals surface area contributed by atoms with Crippen LogP contribution in [-0.4, -0.2) is 15.6 Å². The Balaban J connectivity index is 2.61. The van der Waals surface area contributed by atoms with Crippen molar-refractivity contribution in [3.05, 3.63) is 18.2 Å². The predicted molar refractivity (Wildman–Crippen MR) is 57.5 cm³/mol. The molecule has 1 aromatic rings. The van der Waals surface area contributed by atoms with Crippen molar-refractivity contribution >= 4 is 0 Å². The molecular formula is C10H20N4. The Hall–Kier alpha value is -0.870. The van der Waals surface area contributed by atoms with Crippen LogP contribution in [0, 0.1) is 5.92 Å². The topological polar surface area (TPSA) is 55.9 Å². The third-order valence-electron chi connectivity index (χ3n) is 2.87. The summed E-state index contributed by atoms with van der Waals surface area (Å²) in [6, 6.07) is 0.307. The highest BCUT2D eigenvalue weighted by Crippen LogP contribution is 2.11. The molecule has 0 aliphatic carbocycles. The van der Waals surface area contributed by atoms with Crippen LogP contribution >= 0.6 is 0 Å². The fourth-order valence-electron chi connectivity index (χ4n) is 1.50. The zero-order valence-electron chi connectivity index (χ0n) is 9.20. The molecule has 3 N–H and O–H groups in total. The maximum atomic E-state index is 5.53. The number of imidazole rings is 1. The highest BCUT2D eigenvalue weighted by molar-refractivity contribution is 4.95. The third-order valence-corrected chi connectivity index (χ3v) is 2.87. The minimum absolute atomic E-state index is 0.307. The van der Waals surface area contributed by atoms with Gasteiger partial charge in [0.25, 0.3) is 0 Å². The summed E-state index contributed by atoms with van der Waals surface area (Å²) in [5.41, 5.74) is 2.86. The first-order valence-electron chi connectivity index (χ1n) is 5.11. The molecule has 0 spiro atoms. The van der Waals surface area contributed by atoms with Gasteiger partial charge < -0.3 is 4.57 Å². The van der Waals surface area contributed by atoms with Crippen molar-refractivity contribution in [3.8, 4) is 0 Å². The number of aryl methyl sites for hydroxylation is 1. The van der Waals surface area contributed by atoms with Gasteiger partial charge in [0.2, 0.25) is 0 Å². The molecule has 0 radical (unpaired) electrons. The smallest absolute Gasteiger partial charge is 0.109 e. The Morgan fingerprint density at radius 3 is 2.79 bits per heavy atom. The van der Waals surface area contributed by atoms with Gasteiger partial charge >= 0.3 is 0 Å². The molecule has 0 aliphatic heterocycles. The number of nitrogens with zero attached hydrogens (tertiary/aromatic N) is 2. The largest absolute Gasteiger partial charge is 0.338 e. The van der Waals surface area contributed by atoms with Gasteiger partial charge in [-0.25, -0.2) is 4.98 Å². The molecule has 2 unspecified atom stereocenters. The molecule has 0 amide bonds. The van der Waals surface area contributed by atoms with Gasteiger partial charge in [-0.15, -0.1) is 0 Å². The lowest BCUT2D eigenvalue weighted by Crippen LogP contribution is -2.41. The van der Waals surface area contributed by atoms with Crippen LogP contribution in [0.5, 0.6) is 0 Å². The van der Waals surface area contributed by atoms with Crippen LogP contribution in [0.1, 0.15) is 26.1 Å². The summed E-state index contributed by atoms with van der Waals surface area (Å²) in [5, 5.41) is 0. The molecule has 1 heterocycles. The summed E-state index contributed by atoms with van der Waals surface area (Å²) in [4.78, 5) is 4.29. The van der Waals surface area contributed by atoms with Gasteiger partial charge in [0, 0.05) is 31.9 Å². The van der Waals surface area contributed by atoms with Crippen LogP contribution in [0.3, 0.4) is 0 Å². The summed E-state index contributed by atoms with van der Waals surface area (Å²) >= 11 is 0. The Kier molecular flexibility index (Phi) is 4.10. The van der Waals surface area contributed by atoms with Gasteiger partial charge in [-0.3, -0.25) is 11.3 Å². The maximum Gasteiger partial charge on any atom is 0.109 e. The molecule has 0 aliphatic rings. The van der Waals surface area contributed by atoms with Gasteiger partial charge in [-0.05, 0) is 5.92 Å². The first kappa shape index (κ1) is 11.2. The van der Waals surface area contributed by atoms with Crippen molar-refractivity contribution in [1.82, 2.24) is 15.0 Å². The van der Waals surface area contributed by atoms with E-state index in [1.807, 2.05) is 24.0 Å². The summed E-state index contributed by atoms with van der Waals surface area (Å²) < 4.78 is 2.03. The van der Waals surface area contributed by atoms with E-state index in [4.69, 9.17) is 5.84 Å². The van der Waals surface area contributed by atoms with Gasteiger partial charge in [0.1, 0.15) is 5.82 Å². The van der Waals surface area contributed by atoms with E-state index in [1.54, 1.807) is 0 Å². The molecule has 4 nitrogen and oxygen atoms in total. The second-order valence-corrected chi connectivity index (χ2v) is 3.82. The van der Waals surface area contributed by atoms with Crippen molar-refractivity contribution in [2.24, 2.45) is 18.8 Å². The van der Waals surface area contributed by atoms with Crippen LogP contribution in [0.2, 0.25) is 0 Å². The molecule has 0 bridgehead atoms. The number of nitrogens with two attached hydrogens (primary N) is 1. The van der Waals surface area contributed by atoms with Crippen molar-refractivity contribution < 1.29 is 0 Å². The van der Waals surface area contributed by atoms with Crippen molar-refractivity contribution in [2.75, 3.05) is 0 Å². The Bertz CT molecular complexity index is 269. The Labute approximate surface area is 85.5 Å². The number of rotatable bonds is 5. The molecular weight excluding hydrogens is 176 g/mol. The average molecular weight is 196 g/mol. The monoisotopic (exact) mass is 196 g/mol. The number of aromatic nitrogens is 2. The first-order valence-corrected chi connectivity index (χ1v) is 5.11. The fourth-order valence-corrected chi connectivity index (χ4v) is 1.50. The number of hydrazine groups is 1. The number of hydrogen-bond donors (Lipinski definition) is 2. The van der Waals surface area contributed by atoms with Crippen molar-refractivity contribution in [3.63, 3.8) is 0 Å². The Morgan fingerprint density at radius 2 is 2.36 bits per heavy atom. The van der Waals surface area contributed by atoms with E-state index in [0.29, 0.717) is 12.0 Å². The molecule has 14 heavy (non-hydrogen) atoms. The second-order valence-electron chi connectivity index (χ2n) is 3.82.